The third-order valence-corrected chi connectivity index (χ3v) is 2.74. The van der Waals surface area contributed by atoms with E-state index in [1.807, 2.05) is 7.05 Å². The SMILES string of the molecule is CCCCN(C)c1ncc(C#N)cc1Br. The first-order valence-corrected chi connectivity index (χ1v) is 5.75. The molecule has 0 N–H and O–H groups in total. The molecule has 0 saturated carbocycles. The van der Waals surface area contributed by atoms with Gasteiger partial charge in [0.05, 0.1) is 10.0 Å². The van der Waals surface area contributed by atoms with Crippen molar-refractivity contribution in [2.24, 2.45) is 0 Å². The molecule has 1 heterocycles. The monoisotopic (exact) mass is 267 g/mol. The molecule has 0 aliphatic carbocycles. The molecule has 1 rings (SSSR count). The van der Waals surface area contributed by atoms with E-state index in [0.29, 0.717) is 5.56 Å². The van der Waals surface area contributed by atoms with Gasteiger partial charge in [-0.05, 0) is 28.4 Å². The highest BCUT2D eigenvalue weighted by Gasteiger charge is 2.07. The van der Waals surface area contributed by atoms with Gasteiger partial charge in [0.15, 0.2) is 0 Å². The Morgan fingerprint density at radius 2 is 2.33 bits per heavy atom. The molecule has 3 nitrogen and oxygen atoms in total. The van der Waals surface area contributed by atoms with Gasteiger partial charge in [-0.1, -0.05) is 13.3 Å². The second kappa shape index (κ2) is 5.72. The first-order valence-electron chi connectivity index (χ1n) is 4.95. The maximum absolute atomic E-state index is 8.71. The van der Waals surface area contributed by atoms with Crippen LogP contribution in [0.5, 0.6) is 0 Å². The average molecular weight is 268 g/mol. The van der Waals surface area contributed by atoms with Gasteiger partial charge in [0, 0.05) is 19.8 Å². The highest BCUT2D eigenvalue weighted by Crippen LogP contribution is 2.23. The van der Waals surface area contributed by atoms with Crippen LogP contribution in [0.3, 0.4) is 0 Å². The molecule has 1 aromatic heterocycles. The third-order valence-electron chi connectivity index (χ3n) is 2.16. The zero-order valence-electron chi connectivity index (χ0n) is 9.00. The van der Waals surface area contributed by atoms with Crippen LogP contribution in [-0.4, -0.2) is 18.6 Å². The Balaban J connectivity index is 2.82. The standard InChI is InChI=1S/C11H14BrN3/c1-3-4-5-15(2)11-10(12)6-9(7-13)8-14-11/h6,8H,3-5H2,1-2H3. The molecule has 0 aliphatic heterocycles. The minimum absolute atomic E-state index is 0.578. The predicted octanol–water partition coefficient (Wildman–Crippen LogP) is 2.95. The van der Waals surface area contributed by atoms with Crippen molar-refractivity contribution in [2.45, 2.75) is 19.8 Å². The molecule has 80 valence electrons. The molecule has 0 aromatic carbocycles. The fourth-order valence-electron chi connectivity index (χ4n) is 1.27. The first-order chi connectivity index (χ1) is 7.19. The third kappa shape index (κ3) is 3.21. The molecule has 0 fully saturated rings. The molecule has 0 spiro atoms. The highest BCUT2D eigenvalue weighted by atomic mass is 79.9. The topological polar surface area (TPSA) is 39.9 Å². The van der Waals surface area contributed by atoms with Gasteiger partial charge >= 0.3 is 0 Å². The summed E-state index contributed by atoms with van der Waals surface area (Å²) in [6, 6.07) is 3.86. The number of rotatable bonds is 4. The molecule has 0 bridgehead atoms. The summed E-state index contributed by atoms with van der Waals surface area (Å²) >= 11 is 3.43. The molecule has 15 heavy (non-hydrogen) atoms. The molecule has 0 atom stereocenters. The number of hydrogen-bond donors (Lipinski definition) is 0. The van der Waals surface area contributed by atoms with Crippen LogP contribution in [0.2, 0.25) is 0 Å². The first kappa shape index (κ1) is 12.0. The Morgan fingerprint density at radius 1 is 1.60 bits per heavy atom. The Kier molecular flexibility index (Phi) is 4.57. The number of nitrogens with zero attached hydrogens (tertiary/aromatic N) is 3. The largest absolute Gasteiger partial charge is 0.359 e. The van der Waals surface area contributed by atoms with Crippen LogP contribution in [0.25, 0.3) is 0 Å². The van der Waals surface area contributed by atoms with Gasteiger partial charge < -0.3 is 4.90 Å². The highest BCUT2D eigenvalue weighted by molar-refractivity contribution is 9.10. The number of pyridine rings is 1. The van der Waals surface area contributed by atoms with E-state index >= 15 is 0 Å². The van der Waals surface area contributed by atoms with Crippen molar-refractivity contribution in [3.63, 3.8) is 0 Å². The van der Waals surface area contributed by atoms with Gasteiger partial charge in [-0.2, -0.15) is 5.26 Å². The summed E-state index contributed by atoms with van der Waals surface area (Å²) in [6.07, 6.45) is 3.91. The molecule has 0 aliphatic rings. The van der Waals surface area contributed by atoms with E-state index in [1.165, 1.54) is 0 Å². The summed E-state index contributed by atoms with van der Waals surface area (Å²) in [6.45, 7) is 3.14. The second-order valence-corrected chi connectivity index (χ2v) is 4.27. The predicted molar refractivity (Wildman–Crippen MR) is 64.8 cm³/mol. The minimum Gasteiger partial charge on any atom is -0.359 e. The fraction of sp³-hybridized carbons (Fsp3) is 0.455. The van der Waals surface area contributed by atoms with Crippen LogP contribution in [0.15, 0.2) is 16.7 Å². The summed E-state index contributed by atoms with van der Waals surface area (Å²) in [5.74, 6) is 0.891. The van der Waals surface area contributed by atoms with Crippen molar-refractivity contribution in [3.05, 3.63) is 22.3 Å². The van der Waals surface area contributed by atoms with E-state index in [-0.39, 0.29) is 0 Å². The van der Waals surface area contributed by atoms with Crippen molar-refractivity contribution in [2.75, 3.05) is 18.5 Å². The molecule has 4 heteroatoms. The molecule has 0 saturated heterocycles. The normalized spacial score (nSPS) is 9.73. The lowest BCUT2D eigenvalue weighted by molar-refractivity contribution is 0.758. The van der Waals surface area contributed by atoms with Gasteiger partial charge in [0.2, 0.25) is 0 Å². The maximum Gasteiger partial charge on any atom is 0.142 e. The number of aromatic nitrogens is 1. The van der Waals surface area contributed by atoms with Gasteiger partial charge in [-0.3, -0.25) is 0 Å². The second-order valence-electron chi connectivity index (χ2n) is 3.42. The molecule has 0 unspecified atom stereocenters. The van der Waals surface area contributed by atoms with E-state index in [9.17, 15) is 0 Å². The van der Waals surface area contributed by atoms with Gasteiger partial charge in [-0.25, -0.2) is 4.98 Å². The number of halogens is 1. The molecular formula is C11H14BrN3. The number of anilines is 1. The summed E-state index contributed by atoms with van der Waals surface area (Å²) in [5.41, 5.74) is 0.578. The number of nitriles is 1. The quantitative estimate of drug-likeness (QED) is 0.842. The average Bonchev–Trinajstić information content (AvgIpc) is 2.25. The maximum atomic E-state index is 8.71. The van der Waals surface area contributed by atoms with E-state index in [4.69, 9.17) is 5.26 Å². The Labute approximate surface area is 98.9 Å². The van der Waals surface area contributed by atoms with Crippen molar-refractivity contribution in [3.8, 4) is 6.07 Å². The summed E-state index contributed by atoms with van der Waals surface area (Å²) in [5, 5.41) is 8.71. The Morgan fingerprint density at radius 3 is 2.87 bits per heavy atom. The number of hydrogen-bond acceptors (Lipinski definition) is 3. The summed E-state index contributed by atoms with van der Waals surface area (Å²) in [4.78, 5) is 6.35. The Hall–Kier alpha value is -1.08. The van der Waals surface area contributed by atoms with Gasteiger partial charge in [0.25, 0.3) is 0 Å². The lowest BCUT2D eigenvalue weighted by atomic mass is 10.3. The van der Waals surface area contributed by atoms with Crippen molar-refractivity contribution < 1.29 is 0 Å². The minimum atomic E-state index is 0.578. The van der Waals surface area contributed by atoms with Crippen LogP contribution < -0.4 is 4.90 Å². The zero-order chi connectivity index (χ0) is 11.3. The lowest BCUT2D eigenvalue weighted by Gasteiger charge is -2.18. The summed E-state index contributed by atoms with van der Waals surface area (Å²) < 4.78 is 0.875. The molecule has 0 amide bonds. The summed E-state index contributed by atoms with van der Waals surface area (Å²) in [7, 11) is 2.01. The molecule has 1 aromatic rings. The van der Waals surface area contributed by atoms with E-state index in [0.717, 1.165) is 29.7 Å². The van der Waals surface area contributed by atoms with Crippen molar-refractivity contribution in [1.29, 1.82) is 5.26 Å². The van der Waals surface area contributed by atoms with E-state index in [2.05, 4.69) is 38.8 Å². The zero-order valence-corrected chi connectivity index (χ0v) is 10.6. The smallest absolute Gasteiger partial charge is 0.142 e. The van der Waals surface area contributed by atoms with Crippen LogP contribution in [-0.2, 0) is 0 Å². The van der Waals surface area contributed by atoms with Crippen molar-refractivity contribution >= 4 is 21.7 Å². The van der Waals surface area contributed by atoms with E-state index < -0.39 is 0 Å². The Bertz CT molecular complexity index is 371. The fourth-order valence-corrected chi connectivity index (χ4v) is 1.93. The van der Waals surface area contributed by atoms with E-state index in [1.54, 1.807) is 12.3 Å². The van der Waals surface area contributed by atoms with Crippen LogP contribution in [0.4, 0.5) is 5.82 Å². The lowest BCUT2D eigenvalue weighted by Crippen LogP contribution is -2.20. The van der Waals surface area contributed by atoms with Gasteiger partial charge in [-0.15, -0.1) is 0 Å². The molecule has 0 radical (unpaired) electrons. The van der Waals surface area contributed by atoms with Crippen molar-refractivity contribution in [1.82, 2.24) is 4.98 Å². The van der Waals surface area contributed by atoms with Gasteiger partial charge in [0.1, 0.15) is 11.9 Å². The van der Waals surface area contributed by atoms with Crippen LogP contribution >= 0.6 is 15.9 Å². The van der Waals surface area contributed by atoms with Crippen LogP contribution in [0, 0.1) is 11.3 Å². The molecular weight excluding hydrogens is 254 g/mol. The number of unbranched alkanes of at least 4 members (excludes halogenated alkanes) is 1. The van der Waals surface area contributed by atoms with Crippen LogP contribution in [0.1, 0.15) is 25.3 Å².